The number of unbranched alkanes of at least 4 members (excludes halogenated alkanes) is 1. The Morgan fingerprint density at radius 1 is 0.829 bits per heavy atom. The lowest BCUT2D eigenvalue weighted by molar-refractivity contribution is -0.173. The molecular formula is C42H60N12O16. The number of phenols is 1. The van der Waals surface area contributed by atoms with E-state index in [0.29, 0.717) is 17.0 Å². The molecule has 0 bridgehead atoms. The van der Waals surface area contributed by atoms with Crippen molar-refractivity contribution in [3.8, 4) is 17.0 Å². The number of amides is 9. The fourth-order valence-corrected chi connectivity index (χ4v) is 7.48. The Morgan fingerprint density at radius 2 is 1.47 bits per heavy atom. The number of benzene rings is 1. The molecule has 28 heteroatoms. The topological polar surface area (TPSA) is 445 Å². The highest BCUT2D eigenvalue weighted by molar-refractivity contribution is 5.99. The van der Waals surface area contributed by atoms with E-state index in [2.05, 4.69) is 42.5 Å². The zero-order chi connectivity index (χ0) is 52.1. The van der Waals surface area contributed by atoms with Gasteiger partial charge in [0.05, 0.1) is 23.5 Å². The van der Waals surface area contributed by atoms with Gasteiger partial charge in [0.25, 0.3) is 5.91 Å². The number of aliphatic hydroxyl groups excluding tert-OH is 2. The number of carbonyl (C=O) groups is 10. The Balaban J connectivity index is 1.31. The lowest BCUT2D eigenvalue weighted by Crippen LogP contribution is -2.62. The minimum atomic E-state index is -2.54. The minimum absolute atomic E-state index is 0.0592. The molecular weight excluding hydrogens is 929 g/mol. The average molecular weight is 989 g/mol. The van der Waals surface area contributed by atoms with Gasteiger partial charge < -0.3 is 79.0 Å². The van der Waals surface area contributed by atoms with Crippen LogP contribution in [0.1, 0.15) is 78.2 Å². The summed E-state index contributed by atoms with van der Waals surface area (Å²) in [5.74, 6) is -10.1. The van der Waals surface area contributed by atoms with Gasteiger partial charge in [-0.1, -0.05) is 0 Å². The maximum absolute atomic E-state index is 13.6. The van der Waals surface area contributed by atoms with E-state index in [1.165, 1.54) is 23.6 Å². The lowest BCUT2D eigenvalue weighted by Gasteiger charge is -2.34. The highest BCUT2D eigenvalue weighted by Crippen LogP contribution is 2.39. The van der Waals surface area contributed by atoms with Gasteiger partial charge in [0, 0.05) is 44.1 Å². The number of aliphatic hydroxyl groups is 2. The maximum atomic E-state index is 13.6. The average Bonchev–Trinajstić information content (AvgIpc) is 3.30. The first-order valence-corrected chi connectivity index (χ1v) is 22.3. The molecule has 0 saturated carbocycles. The van der Waals surface area contributed by atoms with Crippen molar-refractivity contribution in [3.05, 3.63) is 28.4 Å². The van der Waals surface area contributed by atoms with Crippen molar-refractivity contribution in [3.63, 3.8) is 0 Å². The van der Waals surface area contributed by atoms with E-state index in [1.54, 1.807) is 0 Å². The molecule has 4 rings (SSSR count). The van der Waals surface area contributed by atoms with Crippen molar-refractivity contribution in [2.24, 2.45) is 11.5 Å². The molecule has 28 nitrogen and oxygen atoms in total. The first-order valence-electron chi connectivity index (χ1n) is 22.3. The van der Waals surface area contributed by atoms with Gasteiger partial charge in [-0.15, -0.1) is 0 Å². The zero-order valence-corrected chi connectivity index (χ0v) is 38.5. The molecule has 9 atom stereocenters. The number of rotatable bonds is 23. The van der Waals surface area contributed by atoms with E-state index in [1.807, 2.05) is 0 Å². The number of carboxylic acid groups (broad SMARTS) is 1. The minimum Gasteiger partial charge on any atom is -0.504 e. The molecule has 1 aliphatic carbocycles. The molecule has 9 amide bonds. The number of piperidine rings is 1. The monoisotopic (exact) mass is 988 g/mol. The van der Waals surface area contributed by atoms with Crippen molar-refractivity contribution < 1.29 is 73.6 Å². The van der Waals surface area contributed by atoms with Crippen molar-refractivity contribution in [1.82, 2.24) is 41.5 Å². The number of aromatic hydroxyl groups is 1. The number of nitrogens with two attached hydrogens (primary N) is 2. The molecule has 4 aliphatic rings. The van der Waals surface area contributed by atoms with Gasteiger partial charge in [0.1, 0.15) is 42.1 Å². The third kappa shape index (κ3) is 14.5. The molecule has 3 heterocycles. The second kappa shape index (κ2) is 24.7. The van der Waals surface area contributed by atoms with Crippen LogP contribution in [0.15, 0.2) is 23.0 Å². The molecule has 70 heavy (non-hydrogen) atoms. The summed E-state index contributed by atoms with van der Waals surface area (Å²) >= 11 is 0. The van der Waals surface area contributed by atoms with Crippen LogP contribution in [0.5, 0.6) is 5.75 Å². The summed E-state index contributed by atoms with van der Waals surface area (Å²) in [7, 11) is 0. The van der Waals surface area contributed by atoms with E-state index >= 15 is 0 Å². The smallest absolute Gasteiger partial charge is 0.335 e. The number of hydrogen-bond acceptors (Lipinski definition) is 17. The quantitative estimate of drug-likeness (QED) is 0.0367. The maximum Gasteiger partial charge on any atom is 0.335 e. The number of carboxylic acids is 1. The summed E-state index contributed by atoms with van der Waals surface area (Å²) < 4.78 is 1.51. The number of phenolic OH excluding ortho intramolecular Hbond substituents is 1. The number of nitrogens with one attached hydrogen (secondary N) is 8. The number of aliphatic carboxylic acids is 1. The molecule has 0 radical (unpaired) electrons. The molecule has 0 aromatic carbocycles. The molecule has 0 aromatic rings. The number of fused-ring (bicyclic) bond motifs is 3. The van der Waals surface area contributed by atoms with Gasteiger partial charge in [-0.2, -0.15) is 0 Å². The number of anilines is 2. The van der Waals surface area contributed by atoms with Crippen LogP contribution in [0.25, 0.3) is 11.3 Å². The van der Waals surface area contributed by atoms with Gasteiger partial charge in [-0.25, -0.2) is 9.86 Å². The van der Waals surface area contributed by atoms with E-state index in [4.69, 9.17) is 11.5 Å². The molecule has 3 aliphatic heterocycles. The highest BCUT2D eigenvalue weighted by atomic mass is 16.5. The Morgan fingerprint density at radius 3 is 2.11 bits per heavy atom. The molecule has 384 valence electrons. The Hall–Kier alpha value is -7.43. The van der Waals surface area contributed by atoms with Crippen LogP contribution < -0.4 is 59.4 Å². The largest absolute Gasteiger partial charge is 0.504 e. The number of nitrogens with zero attached hydrogens (tertiary/aromatic N) is 2. The van der Waals surface area contributed by atoms with E-state index < -0.39 is 125 Å². The lowest BCUT2D eigenvalue weighted by atomic mass is 10.0. The molecule has 0 unspecified atom stereocenters. The summed E-state index contributed by atoms with van der Waals surface area (Å²) in [5.41, 5.74) is 11.3. The molecule has 1 saturated heterocycles. The summed E-state index contributed by atoms with van der Waals surface area (Å²) in [6, 6.07) is -6.28. The molecule has 1 fully saturated rings. The fourth-order valence-electron chi connectivity index (χ4n) is 7.48. The van der Waals surface area contributed by atoms with Crippen molar-refractivity contribution >= 4 is 70.6 Å². The zero-order valence-electron chi connectivity index (χ0n) is 38.5. The van der Waals surface area contributed by atoms with E-state index in [9.17, 15) is 78.4 Å². The summed E-state index contributed by atoms with van der Waals surface area (Å²) in [6.07, 6.45) is -3.30. The number of carbonyl (C=O) groups excluding carboxylic acids is 9. The van der Waals surface area contributed by atoms with Crippen molar-refractivity contribution in [2.75, 3.05) is 30.3 Å². The molecule has 17 N–H and O–H groups in total. The van der Waals surface area contributed by atoms with Gasteiger partial charge in [0.2, 0.25) is 52.7 Å². The summed E-state index contributed by atoms with van der Waals surface area (Å²) in [5, 5.41) is 70.1. The van der Waals surface area contributed by atoms with Crippen LogP contribution in [-0.2, 0) is 47.9 Å². The van der Waals surface area contributed by atoms with Gasteiger partial charge in [0.15, 0.2) is 11.9 Å². The third-order valence-corrected chi connectivity index (χ3v) is 11.4. The van der Waals surface area contributed by atoms with Crippen LogP contribution in [0, 0.1) is 0 Å². The van der Waals surface area contributed by atoms with Gasteiger partial charge in [-0.05, 0) is 71.4 Å². The number of hydrogen-bond donors (Lipinski definition) is 15. The normalized spacial score (nSPS) is 18.4. The fraction of sp³-hybridized carbons (Fsp3) is 0.548. The first-order chi connectivity index (χ1) is 32.9. The predicted molar refractivity (Wildman–Crippen MR) is 242 cm³/mol. The SMILES string of the molecule is C[C@H](NC(=O)[C@H](NC(=O)[C@H](C)NC(=O)[C@H](NC(=O)[C@@H](N)CCCCNC(=O)[C@@H]1CCNc2c(NC(=O)CCC(N)=O)cc3cc(O)c(=O)cc-3n21)[C@@H](O)C(=O)O)[C@@H](C)O)C(=O)N[C@@H]1CCCN(O)C1=O. The van der Waals surface area contributed by atoms with Crippen molar-refractivity contribution in [1.29, 1.82) is 0 Å². The standard InChI is InChI=1S/C42H60N12O16/c1-18(35(61)50-23-8-6-14-53(70)41(23)67)47-39(65)31(20(3)55)51-36(62)19(2)48-40(66)32(33(60)42(68)69)52-37(63)22(43)7-4-5-12-46-38(64)25-11-13-45-34-24(49-30(59)10-9-29(44)58)15-21-16-27(56)28(57)17-26(21)54(25)34/h15-20,22-23,25,31-33,45,55-56,60,70H,4-14,43H2,1-3H3,(H2,44,58)(H,46,64)(H,47,65)(H,48,66)(H,49,59)(H,50,61)(H,51,62)(H,52,63)(H,68,69)/t18-,19-,20+,22-,23+,25-,31+,32+,33+/m0/s1. The second-order valence-electron chi connectivity index (χ2n) is 16.9. The van der Waals surface area contributed by atoms with Crippen LogP contribution >= 0.6 is 0 Å². The number of pyridine rings is 1. The van der Waals surface area contributed by atoms with Gasteiger partial charge >= 0.3 is 5.97 Å². The van der Waals surface area contributed by atoms with Crippen molar-refractivity contribution in [2.45, 2.75) is 127 Å². The second-order valence-corrected chi connectivity index (χ2v) is 16.9. The van der Waals surface area contributed by atoms with E-state index in [0.717, 1.165) is 19.9 Å². The molecule has 0 aromatic heterocycles. The number of aromatic nitrogens is 1. The predicted octanol–water partition coefficient (Wildman–Crippen LogP) is -4.87. The number of hydroxylamine groups is 2. The first kappa shape index (κ1) is 55.2. The van der Waals surface area contributed by atoms with E-state index in [-0.39, 0.29) is 81.8 Å². The Kier molecular flexibility index (Phi) is 19.5. The third-order valence-electron chi connectivity index (χ3n) is 11.4. The molecule has 0 spiro atoms. The summed E-state index contributed by atoms with van der Waals surface area (Å²) in [4.78, 5) is 139. The van der Waals surface area contributed by atoms with Crippen LogP contribution in [0.2, 0.25) is 0 Å². The highest BCUT2D eigenvalue weighted by Gasteiger charge is 2.38. The van der Waals surface area contributed by atoms with Gasteiger partial charge in [-0.3, -0.25) is 53.2 Å². The Labute approximate surface area is 398 Å². The van der Waals surface area contributed by atoms with Crippen LogP contribution in [0.4, 0.5) is 11.5 Å². The number of primary amides is 1. The van der Waals surface area contributed by atoms with Crippen LogP contribution in [-0.4, -0.2) is 162 Å². The van der Waals surface area contributed by atoms with Crippen LogP contribution in [0.3, 0.4) is 0 Å². The Bertz CT molecular complexity index is 2360. The summed E-state index contributed by atoms with van der Waals surface area (Å²) in [6.45, 7) is 3.91.